The maximum Gasteiger partial charge on any atom is 0.335 e. The summed E-state index contributed by atoms with van der Waals surface area (Å²) >= 11 is 1.22. The van der Waals surface area contributed by atoms with Crippen LogP contribution in [0.25, 0.3) is 5.69 Å². The van der Waals surface area contributed by atoms with Gasteiger partial charge in [0.2, 0.25) is 11.1 Å². The molecular formula is C18H17N5O3S. The molecule has 138 valence electrons. The Morgan fingerprint density at radius 3 is 2.59 bits per heavy atom. The number of nitrogens with zero attached hydrogens (tertiary/aromatic N) is 4. The van der Waals surface area contributed by atoms with Crippen molar-refractivity contribution in [3.8, 4) is 5.69 Å². The second kappa shape index (κ2) is 8.00. The minimum absolute atomic E-state index is 0.117. The average Bonchev–Trinajstić information content (AvgIpc) is 3.11. The molecular weight excluding hydrogens is 366 g/mol. The Hall–Kier alpha value is -3.20. The van der Waals surface area contributed by atoms with Crippen molar-refractivity contribution >= 4 is 29.3 Å². The lowest BCUT2D eigenvalue weighted by molar-refractivity contribution is -0.113. The number of carboxylic acid groups (broad SMARTS) is 1. The summed E-state index contributed by atoms with van der Waals surface area (Å²) in [5.41, 5.74) is 3.67. The number of carbonyl (C=O) groups is 2. The highest BCUT2D eigenvalue weighted by Gasteiger charge is 2.13. The van der Waals surface area contributed by atoms with E-state index in [-0.39, 0.29) is 17.2 Å². The number of hydrogen-bond donors (Lipinski definition) is 2. The van der Waals surface area contributed by atoms with Gasteiger partial charge in [-0.25, -0.2) is 4.79 Å². The third kappa shape index (κ3) is 4.50. The molecule has 1 heterocycles. The minimum Gasteiger partial charge on any atom is -0.478 e. The monoisotopic (exact) mass is 383 g/mol. The van der Waals surface area contributed by atoms with E-state index in [9.17, 15) is 9.59 Å². The summed E-state index contributed by atoms with van der Waals surface area (Å²) in [7, 11) is 0. The molecule has 0 aliphatic heterocycles. The molecule has 2 N–H and O–H groups in total. The molecule has 0 unspecified atom stereocenters. The minimum atomic E-state index is -1.01. The van der Waals surface area contributed by atoms with Crippen LogP contribution in [0.2, 0.25) is 0 Å². The van der Waals surface area contributed by atoms with Gasteiger partial charge in [0.1, 0.15) is 0 Å². The predicted molar refractivity (Wildman–Crippen MR) is 101 cm³/mol. The molecule has 0 fully saturated rings. The van der Waals surface area contributed by atoms with Gasteiger partial charge in [-0.15, -0.1) is 5.10 Å². The Morgan fingerprint density at radius 2 is 1.89 bits per heavy atom. The van der Waals surface area contributed by atoms with E-state index in [1.54, 1.807) is 16.8 Å². The highest BCUT2D eigenvalue weighted by molar-refractivity contribution is 7.99. The molecule has 0 bridgehead atoms. The number of anilines is 1. The van der Waals surface area contributed by atoms with E-state index in [0.29, 0.717) is 10.8 Å². The maximum absolute atomic E-state index is 12.2. The number of thioether (sulfide) groups is 1. The topological polar surface area (TPSA) is 110 Å². The van der Waals surface area contributed by atoms with Crippen molar-refractivity contribution in [2.24, 2.45) is 0 Å². The number of amides is 1. The number of aryl methyl sites for hydroxylation is 2. The van der Waals surface area contributed by atoms with Gasteiger partial charge in [0.25, 0.3) is 0 Å². The first-order valence-corrected chi connectivity index (χ1v) is 9.04. The van der Waals surface area contributed by atoms with Crippen molar-refractivity contribution < 1.29 is 14.7 Å². The van der Waals surface area contributed by atoms with Crippen LogP contribution >= 0.6 is 11.8 Å². The first-order valence-electron chi connectivity index (χ1n) is 8.06. The lowest BCUT2D eigenvalue weighted by atomic mass is 10.1. The summed E-state index contributed by atoms with van der Waals surface area (Å²) in [6, 6.07) is 12.0. The number of tetrazole rings is 1. The van der Waals surface area contributed by atoms with E-state index in [0.717, 1.165) is 16.8 Å². The van der Waals surface area contributed by atoms with Crippen LogP contribution in [0.5, 0.6) is 0 Å². The molecule has 2 aromatic carbocycles. The predicted octanol–water partition coefficient (Wildman–Crippen LogP) is 2.71. The molecule has 0 radical (unpaired) electrons. The quantitative estimate of drug-likeness (QED) is 0.630. The number of benzene rings is 2. The van der Waals surface area contributed by atoms with Gasteiger partial charge in [0.05, 0.1) is 17.0 Å². The molecule has 9 heteroatoms. The molecule has 1 aromatic heterocycles. The lowest BCUT2D eigenvalue weighted by Gasteiger charge is -2.09. The maximum atomic E-state index is 12.2. The van der Waals surface area contributed by atoms with Crippen molar-refractivity contribution in [1.82, 2.24) is 20.2 Å². The molecule has 0 saturated carbocycles. The van der Waals surface area contributed by atoms with E-state index < -0.39 is 5.97 Å². The average molecular weight is 383 g/mol. The number of rotatable bonds is 6. The van der Waals surface area contributed by atoms with Gasteiger partial charge in [0.15, 0.2) is 0 Å². The first kappa shape index (κ1) is 18.6. The summed E-state index contributed by atoms with van der Waals surface area (Å²) < 4.78 is 1.61. The second-order valence-electron chi connectivity index (χ2n) is 5.88. The SMILES string of the molecule is Cc1ccc(C)c(-n2nnnc2SCC(=O)Nc2ccc(C(=O)O)cc2)c1. The normalized spacial score (nSPS) is 10.6. The summed E-state index contributed by atoms with van der Waals surface area (Å²) in [4.78, 5) is 23.0. The van der Waals surface area contributed by atoms with Crippen LogP contribution < -0.4 is 5.32 Å². The van der Waals surface area contributed by atoms with Crippen molar-refractivity contribution in [2.75, 3.05) is 11.1 Å². The molecule has 0 saturated heterocycles. The van der Waals surface area contributed by atoms with Crippen molar-refractivity contribution in [2.45, 2.75) is 19.0 Å². The number of aromatic carboxylic acids is 1. The van der Waals surface area contributed by atoms with E-state index in [4.69, 9.17) is 5.11 Å². The molecule has 27 heavy (non-hydrogen) atoms. The Balaban J connectivity index is 1.65. The van der Waals surface area contributed by atoms with Crippen LogP contribution in [0.1, 0.15) is 21.5 Å². The number of carbonyl (C=O) groups excluding carboxylic acids is 1. The highest BCUT2D eigenvalue weighted by atomic mass is 32.2. The zero-order valence-electron chi connectivity index (χ0n) is 14.7. The van der Waals surface area contributed by atoms with Gasteiger partial charge < -0.3 is 10.4 Å². The van der Waals surface area contributed by atoms with Crippen LogP contribution in [-0.2, 0) is 4.79 Å². The summed E-state index contributed by atoms with van der Waals surface area (Å²) in [6.45, 7) is 3.96. The van der Waals surface area contributed by atoms with Gasteiger partial charge >= 0.3 is 5.97 Å². The molecule has 3 aromatic rings. The zero-order chi connectivity index (χ0) is 19.4. The summed E-state index contributed by atoms with van der Waals surface area (Å²) in [6.07, 6.45) is 0. The number of aromatic nitrogens is 4. The standard InChI is InChI=1S/C18H17N5O3S/c1-11-3-4-12(2)15(9-11)23-18(20-21-22-23)27-10-16(24)19-14-7-5-13(6-8-14)17(25)26/h3-9H,10H2,1-2H3,(H,19,24)(H,25,26). The van der Waals surface area contributed by atoms with Crippen LogP contribution in [0.3, 0.4) is 0 Å². The van der Waals surface area contributed by atoms with Gasteiger partial charge in [-0.2, -0.15) is 4.68 Å². The first-order chi connectivity index (χ1) is 12.9. The molecule has 1 amide bonds. The van der Waals surface area contributed by atoms with E-state index in [1.807, 2.05) is 32.0 Å². The van der Waals surface area contributed by atoms with Crippen molar-refractivity contribution in [3.63, 3.8) is 0 Å². The van der Waals surface area contributed by atoms with E-state index in [2.05, 4.69) is 20.8 Å². The van der Waals surface area contributed by atoms with E-state index in [1.165, 1.54) is 23.9 Å². The van der Waals surface area contributed by atoms with E-state index >= 15 is 0 Å². The Bertz CT molecular complexity index is 985. The third-order valence-electron chi connectivity index (χ3n) is 3.78. The highest BCUT2D eigenvalue weighted by Crippen LogP contribution is 2.22. The Kier molecular flexibility index (Phi) is 5.51. The molecule has 8 nitrogen and oxygen atoms in total. The molecule has 0 aliphatic carbocycles. The number of nitrogens with one attached hydrogen (secondary N) is 1. The fourth-order valence-corrected chi connectivity index (χ4v) is 3.07. The second-order valence-corrected chi connectivity index (χ2v) is 6.83. The van der Waals surface area contributed by atoms with Gasteiger partial charge in [-0.05, 0) is 65.7 Å². The van der Waals surface area contributed by atoms with Crippen LogP contribution in [-0.4, -0.2) is 42.9 Å². The summed E-state index contributed by atoms with van der Waals surface area (Å²) in [5.74, 6) is -1.13. The Labute approximate surface area is 159 Å². The molecule has 0 spiro atoms. The van der Waals surface area contributed by atoms with Crippen molar-refractivity contribution in [3.05, 3.63) is 59.2 Å². The molecule has 0 atom stereocenters. The van der Waals surface area contributed by atoms with Gasteiger partial charge in [-0.3, -0.25) is 4.79 Å². The van der Waals surface area contributed by atoms with Gasteiger partial charge in [-0.1, -0.05) is 23.9 Å². The van der Waals surface area contributed by atoms with Crippen LogP contribution in [0, 0.1) is 13.8 Å². The van der Waals surface area contributed by atoms with Gasteiger partial charge in [0, 0.05) is 5.69 Å². The number of carboxylic acids is 1. The van der Waals surface area contributed by atoms with Crippen LogP contribution in [0.15, 0.2) is 47.6 Å². The fourth-order valence-electron chi connectivity index (χ4n) is 2.39. The zero-order valence-corrected chi connectivity index (χ0v) is 15.5. The smallest absolute Gasteiger partial charge is 0.335 e. The third-order valence-corrected chi connectivity index (χ3v) is 4.70. The number of hydrogen-bond acceptors (Lipinski definition) is 6. The molecule has 3 rings (SSSR count). The molecule has 0 aliphatic rings. The van der Waals surface area contributed by atoms with Crippen LogP contribution in [0.4, 0.5) is 5.69 Å². The Morgan fingerprint density at radius 1 is 1.15 bits per heavy atom. The lowest BCUT2D eigenvalue weighted by Crippen LogP contribution is -2.14. The van der Waals surface area contributed by atoms with Crippen molar-refractivity contribution in [1.29, 1.82) is 0 Å². The largest absolute Gasteiger partial charge is 0.478 e. The fraction of sp³-hybridized carbons (Fsp3) is 0.167. The summed E-state index contributed by atoms with van der Waals surface area (Å²) in [5, 5.41) is 23.9.